The van der Waals surface area contributed by atoms with Crippen molar-refractivity contribution in [2.45, 2.75) is 26.8 Å². The number of aryl methyl sites for hydroxylation is 1. The molecule has 7 heteroatoms. The minimum atomic E-state index is -0.644. The summed E-state index contributed by atoms with van der Waals surface area (Å²) in [6, 6.07) is 7.05. The number of pyridine rings is 1. The van der Waals surface area contributed by atoms with Crippen molar-refractivity contribution in [3.8, 4) is 6.07 Å². The number of carbonyl (C=O) groups excluding carboxylic acids is 1. The van der Waals surface area contributed by atoms with E-state index in [1.54, 1.807) is 27.8 Å². The molecular formula is C18H18ClFN4O. The van der Waals surface area contributed by atoms with Crippen LogP contribution in [-0.2, 0) is 4.79 Å². The molecule has 0 saturated heterocycles. The van der Waals surface area contributed by atoms with Crippen molar-refractivity contribution in [1.82, 2.24) is 4.98 Å². The second-order valence-corrected chi connectivity index (χ2v) is 6.09. The molecule has 1 aromatic heterocycles. The summed E-state index contributed by atoms with van der Waals surface area (Å²) in [5.74, 6) is -0.302. The number of anilines is 2. The number of aromatic nitrogens is 1. The van der Waals surface area contributed by atoms with E-state index in [1.807, 2.05) is 0 Å². The third-order valence-electron chi connectivity index (χ3n) is 3.92. The molecule has 0 aliphatic heterocycles. The van der Waals surface area contributed by atoms with Crippen LogP contribution in [0.3, 0.4) is 0 Å². The number of carbonyl (C=O) groups is 1. The zero-order valence-corrected chi connectivity index (χ0v) is 15.1. The summed E-state index contributed by atoms with van der Waals surface area (Å²) in [5.41, 5.74) is 2.06. The van der Waals surface area contributed by atoms with Crippen LogP contribution in [-0.4, -0.2) is 24.0 Å². The number of halogens is 2. The lowest BCUT2D eigenvalue weighted by molar-refractivity contribution is -0.118. The van der Waals surface area contributed by atoms with Gasteiger partial charge in [0.1, 0.15) is 23.7 Å². The largest absolute Gasteiger partial charge is 0.357 e. The highest BCUT2D eigenvalue weighted by Gasteiger charge is 2.22. The van der Waals surface area contributed by atoms with Crippen molar-refractivity contribution < 1.29 is 9.18 Å². The third kappa shape index (κ3) is 3.89. The molecule has 2 aromatic rings. The van der Waals surface area contributed by atoms with Gasteiger partial charge in [-0.3, -0.25) is 4.79 Å². The zero-order chi connectivity index (χ0) is 18.7. The minimum Gasteiger partial charge on any atom is -0.357 e. The van der Waals surface area contributed by atoms with E-state index in [0.29, 0.717) is 33.3 Å². The number of likely N-dealkylation sites (N-methyl/N-ethyl adjacent to an activating group) is 1. The van der Waals surface area contributed by atoms with E-state index in [4.69, 9.17) is 11.6 Å². The fourth-order valence-electron chi connectivity index (χ4n) is 2.42. The number of nitrogens with one attached hydrogen (secondary N) is 1. The summed E-state index contributed by atoms with van der Waals surface area (Å²) < 4.78 is 13.0. The van der Waals surface area contributed by atoms with Crippen LogP contribution < -0.4 is 10.2 Å². The topological polar surface area (TPSA) is 69.0 Å². The molecule has 1 heterocycles. The molecule has 1 aromatic carbocycles. The first kappa shape index (κ1) is 18.7. The van der Waals surface area contributed by atoms with Gasteiger partial charge < -0.3 is 10.2 Å². The summed E-state index contributed by atoms with van der Waals surface area (Å²) in [7, 11) is 1.60. The maximum Gasteiger partial charge on any atom is 0.248 e. The third-order valence-corrected chi connectivity index (χ3v) is 4.48. The molecular weight excluding hydrogens is 343 g/mol. The Morgan fingerprint density at radius 3 is 2.52 bits per heavy atom. The predicted molar refractivity (Wildman–Crippen MR) is 96.3 cm³/mol. The van der Waals surface area contributed by atoms with E-state index >= 15 is 0 Å². The van der Waals surface area contributed by atoms with Gasteiger partial charge in [-0.1, -0.05) is 11.6 Å². The number of rotatable bonds is 4. The van der Waals surface area contributed by atoms with Crippen molar-refractivity contribution in [1.29, 1.82) is 5.26 Å². The Morgan fingerprint density at radius 2 is 1.96 bits per heavy atom. The lowest BCUT2D eigenvalue weighted by atomic mass is 10.1. The zero-order valence-electron chi connectivity index (χ0n) is 14.4. The van der Waals surface area contributed by atoms with E-state index in [1.165, 1.54) is 29.2 Å². The molecule has 1 N–H and O–H groups in total. The Kier molecular flexibility index (Phi) is 5.60. The van der Waals surface area contributed by atoms with Gasteiger partial charge in [-0.2, -0.15) is 5.26 Å². The van der Waals surface area contributed by atoms with E-state index < -0.39 is 6.04 Å². The second-order valence-electron chi connectivity index (χ2n) is 5.71. The Bertz CT molecular complexity index is 846. The molecule has 0 fully saturated rings. The maximum absolute atomic E-state index is 13.0. The van der Waals surface area contributed by atoms with Gasteiger partial charge in [-0.25, -0.2) is 9.37 Å². The standard InChI is InChI=1S/C18H18ClFN4O/c1-10-15(9-21)17(22-11(2)16(10)19)23-12(3)18(25)24(4)14-7-5-13(20)6-8-14/h5-8,12H,1-4H3,(H,22,23)/t12-/m0/s1. The smallest absolute Gasteiger partial charge is 0.248 e. The lowest BCUT2D eigenvalue weighted by Crippen LogP contribution is -2.39. The van der Waals surface area contributed by atoms with Crippen LogP contribution in [0.4, 0.5) is 15.9 Å². The van der Waals surface area contributed by atoms with Crippen LogP contribution in [0.2, 0.25) is 5.02 Å². The minimum absolute atomic E-state index is 0.248. The Labute approximate surface area is 151 Å². The molecule has 130 valence electrons. The highest BCUT2D eigenvalue weighted by molar-refractivity contribution is 6.32. The lowest BCUT2D eigenvalue weighted by Gasteiger charge is -2.23. The number of hydrogen-bond donors (Lipinski definition) is 1. The highest BCUT2D eigenvalue weighted by Crippen LogP contribution is 2.27. The van der Waals surface area contributed by atoms with Gasteiger partial charge >= 0.3 is 0 Å². The van der Waals surface area contributed by atoms with Crippen molar-refractivity contribution in [3.63, 3.8) is 0 Å². The van der Waals surface area contributed by atoms with Crippen molar-refractivity contribution >= 4 is 29.0 Å². The van der Waals surface area contributed by atoms with Crippen LogP contribution in [0.15, 0.2) is 24.3 Å². The van der Waals surface area contributed by atoms with Crippen LogP contribution in [0.25, 0.3) is 0 Å². The predicted octanol–water partition coefficient (Wildman–Crippen LogP) is 3.83. The Hall–Kier alpha value is -2.65. The monoisotopic (exact) mass is 360 g/mol. The number of hydrogen-bond acceptors (Lipinski definition) is 4. The van der Waals surface area contributed by atoms with Gasteiger partial charge in [-0.05, 0) is 50.6 Å². The molecule has 5 nitrogen and oxygen atoms in total. The first-order valence-corrected chi connectivity index (χ1v) is 8.00. The van der Waals surface area contributed by atoms with Crippen molar-refractivity contribution in [2.24, 2.45) is 0 Å². The number of benzene rings is 1. The average molecular weight is 361 g/mol. The number of nitriles is 1. The summed E-state index contributed by atoms with van der Waals surface area (Å²) in [4.78, 5) is 18.3. The molecule has 0 saturated carbocycles. The number of amides is 1. The average Bonchev–Trinajstić information content (AvgIpc) is 2.59. The first-order chi connectivity index (χ1) is 11.8. The van der Waals surface area contributed by atoms with Gasteiger partial charge in [0.2, 0.25) is 5.91 Å². The Morgan fingerprint density at radius 1 is 1.36 bits per heavy atom. The van der Waals surface area contributed by atoms with Gasteiger partial charge in [0.05, 0.1) is 16.3 Å². The first-order valence-electron chi connectivity index (χ1n) is 7.62. The molecule has 2 rings (SSSR count). The van der Waals surface area contributed by atoms with Crippen LogP contribution >= 0.6 is 11.6 Å². The molecule has 0 radical (unpaired) electrons. The molecule has 0 unspecified atom stereocenters. The molecule has 1 atom stereocenters. The van der Waals surface area contributed by atoms with Gasteiger partial charge in [0, 0.05) is 12.7 Å². The molecule has 0 bridgehead atoms. The summed E-state index contributed by atoms with van der Waals surface area (Å²) in [6.07, 6.45) is 0. The molecule has 0 aliphatic rings. The normalized spacial score (nSPS) is 11.6. The second kappa shape index (κ2) is 7.49. The molecule has 1 amide bonds. The molecule has 25 heavy (non-hydrogen) atoms. The van der Waals surface area contributed by atoms with E-state index in [0.717, 1.165) is 0 Å². The van der Waals surface area contributed by atoms with Crippen LogP contribution in [0.1, 0.15) is 23.7 Å². The van der Waals surface area contributed by atoms with E-state index in [9.17, 15) is 14.4 Å². The van der Waals surface area contributed by atoms with Crippen LogP contribution in [0, 0.1) is 31.0 Å². The Balaban J connectivity index is 2.25. The van der Waals surface area contributed by atoms with E-state index in [-0.39, 0.29) is 11.7 Å². The quantitative estimate of drug-likeness (QED) is 0.899. The van der Waals surface area contributed by atoms with Crippen molar-refractivity contribution in [3.05, 3.63) is 51.9 Å². The fraction of sp³-hybridized carbons (Fsp3) is 0.278. The van der Waals surface area contributed by atoms with E-state index in [2.05, 4.69) is 16.4 Å². The van der Waals surface area contributed by atoms with Crippen molar-refractivity contribution in [2.75, 3.05) is 17.3 Å². The van der Waals surface area contributed by atoms with Gasteiger partial charge in [0.15, 0.2) is 0 Å². The SMILES string of the molecule is Cc1nc(N[C@@H](C)C(=O)N(C)c2ccc(F)cc2)c(C#N)c(C)c1Cl. The summed E-state index contributed by atoms with van der Waals surface area (Å²) >= 11 is 6.13. The summed E-state index contributed by atoms with van der Waals surface area (Å²) in [6.45, 7) is 5.14. The maximum atomic E-state index is 13.0. The van der Waals surface area contributed by atoms with Crippen LogP contribution in [0.5, 0.6) is 0 Å². The van der Waals surface area contributed by atoms with Gasteiger partial charge in [0.25, 0.3) is 0 Å². The highest BCUT2D eigenvalue weighted by atomic mass is 35.5. The number of nitrogens with zero attached hydrogens (tertiary/aromatic N) is 3. The molecule has 0 aliphatic carbocycles. The fourth-order valence-corrected chi connectivity index (χ4v) is 2.56. The van der Waals surface area contributed by atoms with Gasteiger partial charge in [-0.15, -0.1) is 0 Å². The summed E-state index contributed by atoms with van der Waals surface area (Å²) in [5, 5.41) is 12.8. The molecule has 0 spiro atoms.